The van der Waals surface area contributed by atoms with E-state index in [1.165, 1.54) is 10.9 Å². The van der Waals surface area contributed by atoms with Crippen molar-refractivity contribution in [3.8, 4) is 0 Å². The van der Waals surface area contributed by atoms with Crippen LogP contribution in [0.25, 0.3) is 10.9 Å². The Balaban J connectivity index is 2.40. The van der Waals surface area contributed by atoms with Crippen LogP contribution in [0.2, 0.25) is 0 Å². The summed E-state index contributed by atoms with van der Waals surface area (Å²) in [6.07, 6.45) is 4.00. The van der Waals surface area contributed by atoms with Crippen LogP contribution in [0.3, 0.4) is 0 Å². The Labute approximate surface area is 131 Å². The molecule has 1 aromatic carbocycles. The Morgan fingerprint density at radius 2 is 2.10 bits per heavy atom. The summed E-state index contributed by atoms with van der Waals surface area (Å²) in [5.74, 6) is 2.18. The van der Waals surface area contributed by atoms with Gasteiger partial charge in [-0.1, -0.05) is 25.1 Å². The van der Waals surface area contributed by atoms with E-state index in [0.29, 0.717) is 0 Å². The molecule has 0 spiro atoms. The van der Waals surface area contributed by atoms with E-state index in [-0.39, 0.29) is 6.04 Å². The van der Waals surface area contributed by atoms with Gasteiger partial charge in [0.05, 0.1) is 5.52 Å². The van der Waals surface area contributed by atoms with Crippen LogP contribution in [0.4, 0.5) is 5.82 Å². The minimum absolute atomic E-state index is 0.195. The molecule has 114 valence electrons. The highest BCUT2D eigenvalue weighted by Gasteiger charge is 2.13. The fourth-order valence-electron chi connectivity index (χ4n) is 2.39. The number of nitrogens with zero attached hydrogens (tertiary/aromatic N) is 2. The van der Waals surface area contributed by atoms with Crippen molar-refractivity contribution >= 4 is 28.5 Å². The van der Waals surface area contributed by atoms with Crippen LogP contribution in [0.5, 0.6) is 0 Å². The van der Waals surface area contributed by atoms with Gasteiger partial charge in [-0.2, -0.15) is 11.8 Å². The van der Waals surface area contributed by atoms with Gasteiger partial charge in [0, 0.05) is 30.8 Å². The van der Waals surface area contributed by atoms with E-state index in [1.807, 2.05) is 17.8 Å². The molecule has 0 aliphatic heterocycles. The number of rotatable bonds is 7. The summed E-state index contributed by atoms with van der Waals surface area (Å²) in [7, 11) is 2.12. The molecule has 0 aliphatic rings. The molecule has 4 heteroatoms. The number of pyridine rings is 1. The lowest BCUT2D eigenvalue weighted by Gasteiger charge is -2.23. The van der Waals surface area contributed by atoms with Gasteiger partial charge in [0.2, 0.25) is 0 Å². The smallest absolute Gasteiger partial charge is 0.132 e. The number of hydrogen-bond donors (Lipinski definition) is 1. The van der Waals surface area contributed by atoms with Crippen molar-refractivity contribution < 1.29 is 0 Å². The molecular formula is C17H25N3S. The SMILES string of the molecule is CCC(N)Cc1cc2ccccc2nc1N(C)CCSC. The number of para-hydroxylation sites is 1. The first kappa shape index (κ1) is 16.1. The van der Waals surface area contributed by atoms with E-state index in [4.69, 9.17) is 10.7 Å². The van der Waals surface area contributed by atoms with E-state index in [0.717, 1.165) is 36.5 Å². The zero-order valence-corrected chi connectivity index (χ0v) is 14.0. The van der Waals surface area contributed by atoms with Crippen molar-refractivity contribution in [3.05, 3.63) is 35.9 Å². The Bertz CT molecular complexity index is 585. The molecule has 0 saturated carbocycles. The molecule has 0 bridgehead atoms. The quantitative estimate of drug-likeness (QED) is 0.852. The summed E-state index contributed by atoms with van der Waals surface area (Å²) in [6, 6.07) is 10.7. The first-order valence-electron chi connectivity index (χ1n) is 7.50. The summed E-state index contributed by atoms with van der Waals surface area (Å²) in [6.45, 7) is 3.14. The van der Waals surface area contributed by atoms with Crippen molar-refractivity contribution in [1.82, 2.24) is 4.98 Å². The Morgan fingerprint density at radius 1 is 1.33 bits per heavy atom. The maximum atomic E-state index is 6.17. The molecule has 1 atom stereocenters. The second-order valence-electron chi connectivity index (χ2n) is 5.45. The second-order valence-corrected chi connectivity index (χ2v) is 6.44. The molecule has 0 saturated heterocycles. The normalized spacial score (nSPS) is 12.6. The number of anilines is 1. The summed E-state index contributed by atoms with van der Waals surface area (Å²) in [4.78, 5) is 7.13. The van der Waals surface area contributed by atoms with Crippen LogP contribution in [0.1, 0.15) is 18.9 Å². The molecule has 1 heterocycles. The van der Waals surface area contributed by atoms with Crippen LogP contribution in [0, 0.1) is 0 Å². The molecule has 2 aromatic rings. The minimum atomic E-state index is 0.195. The molecule has 0 aliphatic carbocycles. The fourth-order valence-corrected chi connectivity index (χ4v) is 2.85. The molecule has 1 unspecified atom stereocenters. The molecule has 0 fully saturated rings. The van der Waals surface area contributed by atoms with Crippen LogP contribution in [0.15, 0.2) is 30.3 Å². The maximum absolute atomic E-state index is 6.17. The van der Waals surface area contributed by atoms with E-state index in [9.17, 15) is 0 Å². The van der Waals surface area contributed by atoms with E-state index in [1.54, 1.807) is 0 Å². The van der Waals surface area contributed by atoms with Crippen molar-refractivity contribution in [2.75, 3.05) is 30.5 Å². The van der Waals surface area contributed by atoms with Gasteiger partial charge in [-0.05, 0) is 36.8 Å². The third kappa shape index (κ3) is 4.11. The lowest BCUT2D eigenvalue weighted by molar-refractivity contribution is 0.644. The predicted octanol–water partition coefficient (Wildman–Crippen LogP) is 3.31. The summed E-state index contributed by atoms with van der Waals surface area (Å²) >= 11 is 1.86. The maximum Gasteiger partial charge on any atom is 0.132 e. The average Bonchev–Trinajstić information content (AvgIpc) is 2.51. The summed E-state index contributed by atoms with van der Waals surface area (Å²) < 4.78 is 0. The predicted molar refractivity (Wildman–Crippen MR) is 95.4 cm³/mol. The average molecular weight is 303 g/mol. The number of thioether (sulfide) groups is 1. The topological polar surface area (TPSA) is 42.1 Å². The van der Waals surface area contributed by atoms with Crippen molar-refractivity contribution in [2.24, 2.45) is 5.73 Å². The van der Waals surface area contributed by atoms with Gasteiger partial charge in [-0.3, -0.25) is 0 Å². The molecule has 21 heavy (non-hydrogen) atoms. The van der Waals surface area contributed by atoms with Gasteiger partial charge in [0.15, 0.2) is 0 Å². The highest BCUT2D eigenvalue weighted by atomic mass is 32.2. The van der Waals surface area contributed by atoms with Crippen LogP contribution < -0.4 is 10.6 Å². The van der Waals surface area contributed by atoms with Crippen molar-refractivity contribution in [3.63, 3.8) is 0 Å². The number of nitrogens with two attached hydrogens (primary N) is 1. The summed E-state index contributed by atoms with van der Waals surface area (Å²) in [5, 5.41) is 1.19. The second kappa shape index (κ2) is 7.66. The lowest BCUT2D eigenvalue weighted by atomic mass is 10.0. The standard InChI is InChI=1S/C17H25N3S/c1-4-15(18)12-14-11-13-7-5-6-8-16(13)19-17(14)20(2)9-10-21-3/h5-8,11,15H,4,9-10,12,18H2,1-3H3. The highest BCUT2D eigenvalue weighted by molar-refractivity contribution is 7.98. The highest BCUT2D eigenvalue weighted by Crippen LogP contribution is 2.24. The first-order valence-corrected chi connectivity index (χ1v) is 8.89. The van der Waals surface area contributed by atoms with E-state index >= 15 is 0 Å². The molecule has 3 nitrogen and oxygen atoms in total. The minimum Gasteiger partial charge on any atom is -0.359 e. The van der Waals surface area contributed by atoms with Gasteiger partial charge < -0.3 is 10.6 Å². The number of hydrogen-bond acceptors (Lipinski definition) is 4. The van der Waals surface area contributed by atoms with Crippen molar-refractivity contribution in [2.45, 2.75) is 25.8 Å². The fraction of sp³-hybridized carbons (Fsp3) is 0.471. The zero-order chi connectivity index (χ0) is 15.2. The molecule has 0 amide bonds. The van der Waals surface area contributed by atoms with Gasteiger partial charge in [-0.15, -0.1) is 0 Å². The van der Waals surface area contributed by atoms with Crippen LogP contribution in [-0.2, 0) is 6.42 Å². The number of fused-ring (bicyclic) bond motifs is 1. The Morgan fingerprint density at radius 3 is 2.81 bits per heavy atom. The molecule has 2 rings (SSSR count). The Kier molecular flexibility index (Phi) is 5.88. The van der Waals surface area contributed by atoms with Gasteiger partial charge >= 0.3 is 0 Å². The van der Waals surface area contributed by atoms with Gasteiger partial charge in [-0.25, -0.2) is 4.98 Å². The molecular weight excluding hydrogens is 278 g/mol. The molecule has 2 N–H and O–H groups in total. The third-order valence-corrected chi connectivity index (χ3v) is 4.37. The van der Waals surface area contributed by atoms with E-state index in [2.05, 4.69) is 49.4 Å². The molecule has 0 radical (unpaired) electrons. The third-order valence-electron chi connectivity index (χ3n) is 3.78. The Hall–Kier alpha value is -1.26. The van der Waals surface area contributed by atoms with E-state index < -0.39 is 0 Å². The molecule has 1 aromatic heterocycles. The summed E-state index contributed by atoms with van der Waals surface area (Å²) in [5.41, 5.74) is 8.48. The van der Waals surface area contributed by atoms with Gasteiger partial charge in [0.1, 0.15) is 5.82 Å². The zero-order valence-electron chi connectivity index (χ0n) is 13.2. The lowest BCUT2D eigenvalue weighted by Crippen LogP contribution is -2.26. The van der Waals surface area contributed by atoms with Crippen molar-refractivity contribution in [1.29, 1.82) is 0 Å². The number of benzene rings is 1. The van der Waals surface area contributed by atoms with Crippen LogP contribution >= 0.6 is 11.8 Å². The monoisotopic (exact) mass is 303 g/mol. The van der Waals surface area contributed by atoms with Crippen LogP contribution in [-0.4, -0.2) is 36.6 Å². The number of aromatic nitrogens is 1. The van der Waals surface area contributed by atoms with Gasteiger partial charge in [0.25, 0.3) is 0 Å². The first-order chi connectivity index (χ1) is 10.2. The largest absolute Gasteiger partial charge is 0.359 e.